The van der Waals surface area contributed by atoms with E-state index in [1.807, 2.05) is 27.7 Å². The molecule has 104 heavy (non-hydrogen) atoms. The molecule has 1 spiro atoms. The van der Waals surface area contributed by atoms with Gasteiger partial charge in [-0.1, -0.05) is 99.8 Å². The normalized spacial score (nSPS) is 31.9. The van der Waals surface area contributed by atoms with E-state index in [1.54, 1.807) is 13.8 Å². The predicted octanol–water partition coefficient (Wildman–Crippen LogP) is 6.03. The minimum Gasteiger partial charge on any atom is -0.347 e. The van der Waals surface area contributed by atoms with Crippen molar-refractivity contribution < 1.29 is 70.7 Å². The van der Waals surface area contributed by atoms with Crippen LogP contribution in [0.2, 0.25) is 0 Å². The Balaban J connectivity index is 1.47. The maximum Gasteiger partial charge on any atom is 0.393 e. The highest BCUT2D eigenvalue weighted by molar-refractivity contribution is 6.21. The Hall–Kier alpha value is -6.32. The van der Waals surface area contributed by atoms with Crippen molar-refractivity contribution in [2.75, 3.05) is 89.6 Å². The molecular weight excluding hydrogens is 1370 g/mol. The number of hydrogen-bond acceptors (Lipinski definition) is 13. The molecule has 15 atom stereocenters. The van der Waals surface area contributed by atoms with Crippen molar-refractivity contribution >= 4 is 82.5 Å². The summed E-state index contributed by atoms with van der Waals surface area (Å²) in [6.07, 6.45) is 2.33. The van der Waals surface area contributed by atoms with E-state index >= 15 is 24.0 Å². The number of rotatable bonds is 14. The first-order chi connectivity index (χ1) is 48.7. The van der Waals surface area contributed by atoms with Gasteiger partial charge in [-0.05, 0) is 145 Å². The number of carbonyl (C=O) groups is 12. The summed E-state index contributed by atoms with van der Waals surface area (Å²) in [6, 6.07) is -11.1. The van der Waals surface area contributed by atoms with Crippen molar-refractivity contribution in [1.29, 1.82) is 0 Å². The number of alkyl halides is 4. The fraction of sp³-hybridized carbons (Fsp3) is 0.840. The Morgan fingerprint density at radius 3 is 1.78 bits per heavy atom. The summed E-state index contributed by atoms with van der Waals surface area (Å²) in [7, 11) is 13.0. The van der Waals surface area contributed by atoms with Gasteiger partial charge in [0.15, 0.2) is 0 Å². The quantitative estimate of drug-likeness (QED) is 0.145. The van der Waals surface area contributed by atoms with Crippen LogP contribution in [0.15, 0.2) is 0 Å². The molecule has 0 aromatic rings. The lowest BCUT2D eigenvalue weighted by Crippen LogP contribution is -2.65. The average Bonchev–Trinajstić information content (AvgIpc) is 1.14. The second kappa shape index (κ2) is 38.0. The van der Waals surface area contributed by atoms with Crippen LogP contribution in [0.4, 0.5) is 13.2 Å². The average molecular weight is 1490 g/mol. The van der Waals surface area contributed by atoms with Crippen molar-refractivity contribution in [2.45, 2.75) is 268 Å². The molecule has 3 heterocycles. The van der Waals surface area contributed by atoms with Gasteiger partial charge >= 0.3 is 6.18 Å². The minimum atomic E-state index is -4.52. The van der Waals surface area contributed by atoms with E-state index in [4.69, 9.17) is 11.6 Å². The van der Waals surface area contributed by atoms with Crippen LogP contribution < -0.4 is 21.3 Å². The monoisotopic (exact) mass is 1490 g/mol. The van der Waals surface area contributed by atoms with Gasteiger partial charge in [0.1, 0.15) is 59.9 Å². The molecule has 6 rings (SSSR count). The second-order valence-corrected chi connectivity index (χ2v) is 32.9. The van der Waals surface area contributed by atoms with Crippen LogP contribution in [-0.2, 0) is 57.5 Å². The van der Waals surface area contributed by atoms with Crippen LogP contribution in [0, 0.1) is 47.3 Å². The highest BCUT2D eigenvalue weighted by Gasteiger charge is 2.52. The maximum atomic E-state index is 15.7. The molecule has 3 saturated carbocycles. The summed E-state index contributed by atoms with van der Waals surface area (Å²) in [4.78, 5) is 193. The number of fused-ring (bicyclic) bond motifs is 1. The van der Waals surface area contributed by atoms with E-state index in [0.717, 1.165) is 43.5 Å². The van der Waals surface area contributed by atoms with Gasteiger partial charge in [-0.15, -0.1) is 11.6 Å². The number of hydrogen-bond donors (Lipinski definition) is 4. The summed E-state index contributed by atoms with van der Waals surface area (Å²) in [5.74, 6) is -10.8. The molecule has 3 aliphatic carbocycles. The number of carbonyl (C=O) groups excluding carboxylic acids is 12. The van der Waals surface area contributed by atoms with Crippen LogP contribution in [0.5, 0.6) is 0 Å². The van der Waals surface area contributed by atoms with Gasteiger partial charge in [-0.25, -0.2) is 0 Å². The zero-order valence-electron chi connectivity index (χ0n) is 65.2. The molecule has 0 bridgehead atoms. The third-order valence-corrected chi connectivity index (χ3v) is 24.7. The van der Waals surface area contributed by atoms with Gasteiger partial charge in [0.25, 0.3) is 0 Å². The van der Waals surface area contributed by atoms with E-state index in [0.29, 0.717) is 44.6 Å². The molecule has 0 radical (unpaired) electrons. The molecule has 6 fully saturated rings. The molecule has 4 N–H and O–H groups in total. The molecule has 0 aromatic heterocycles. The predicted molar refractivity (Wildman–Crippen MR) is 389 cm³/mol. The van der Waals surface area contributed by atoms with Gasteiger partial charge in [0.05, 0.1) is 18.9 Å². The topological polar surface area (TPSA) is 282 Å². The van der Waals surface area contributed by atoms with E-state index in [-0.39, 0.29) is 101 Å². The van der Waals surface area contributed by atoms with Gasteiger partial charge in [0, 0.05) is 75.4 Å². The molecular formula is C75H125ClF3N13O12. The Morgan fingerprint density at radius 1 is 0.625 bits per heavy atom. The molecule has 12 amide bonds. The van der Waals surface area contributed by atoms with E-state index < -0.39 is 173 Å². The van der Waals surface area contributed by atoms with Crippen LogP contribution in [0.25, 0.3) is 0 Å². The van der Waals surface area contributed by atoms with Crippen LogP contribution in [0.1, 0.15) is 197 Å². The van der Waals surface area contributed by atoms with E-state index in [9.17, 15) is 46.7 Å². The standard InChI is InChI=1S/C75H125ClF3N13O12/c1-18-46(6)62-71(102)86(12)48(8)66(97)92-36-32-55(92)70(101)89(15)58(39-50-26-24-45(5)25-27-50)69(100)85(11)43-60(93)81-54(31-29-49-28-30-52(53(76)38-49)75(77,78)79)67(98)88(14)57(40-51-23-22-35-80-42-51)65(96)83-74(33-20-21-34-74)73(104)91(17)63(47(7)19-2)72(103)90(16)59(68(99)84(9)10)41-61(94)87(13)56(37-44(3)4)64(95)82-62/h44-59,62-63,80H,18-43H2,1-17H3,(H,81,93)(H,82,95)(H,83,96)/t45?,46-,47-,48-,49?,50?,51?,52?,53?,54-,55-,56-,57-,58-,59-,62-,63-/m0/s1. The summed E-state index contributed by atoms with van der Waals surface area (Å²) < 4.78 is 42.4. The number of likely N-dealkylation sites (N-methyl/N-ethyl adjacent to an activating group) is 8. The third-order valence-electron chi connectivity index (χ3n) is 24.2. The van der Waals surface area contributed by atoms with Crippen molar-refractivity contribution in [2.24, 2.45) is 47.3 Å². The Bertz CT molecular complexity index is 3020. The molecule has 0 aromatic carbocycles. The summed E-state index contributed by atoms with van der Waals surface area (Å²) >= 11 is 6.46. The Morgan fingerprint density at radius 2 is 1.23 bits per heavy atom. The second-order valence-electron chi connectivity index (χ2n) is 32.4. The number of amides is 12. The van der Waals surface area contributed by atoms with Gasteiger partial charge < -0.3 is 65.4 Å². The zero-order valence-corrected chi connectivity index (χ0v) is 66.0. The third kappa shape index (κ3) is 21.3. The van der Waals surface area contributed by atoms with Crippen molar-refractivity contribution in [3.63, 3.8) is 0 Å². The van der Waals surface area contributed by atoms with Crippen molar-refractivity contribution in [3.05, 3.63) is 0 Å². The lowest BCUT2D eigenvalue weighted by atomic mass is 9.78. The lowest BCUT2D eigenvalue weighted by molar-refractivity contribution is -0.182. The number of nitrogens with zero attached hydrogens (tertiary/aromatic N) is 9. The summed E-state index contributed by atoms with van der Waals surface area (Å²) in [6.45, 7) is 15.4. The minimum absolute atomic E-state index is 0.00944. The molecule has 590 valence electrons. The van der Waals surface area contributed by atoms with Crippen LogP contribution >= 0.6 is 11.6 Å². The Labute approximate surface area is 620 Å². The summed E-state index contributed by atoms with van der Waals surface area (Å²) in [5, 5.41) is 11.1. The maximum absolute atomic E-state index is 15.7. The van der Waals surface area contributed by atoms with Gasteiger partial charge in [0.2, 0.25) is 70.9 Å². The van der Waals surface area contributed by atoms with Crippen LogP contribution in [0.3, 0.4) is 0 Å². The smallest absolute Gasteiger partial charge is 0.347 e. The first-order valence-electron chi connectivity index (χ1n) is 38.4. The molecule has 4 unspecified atom stereocenters. The number of piperidine rings is 1. The van der Waals surface area contributed by atoms with Crippen LogP contribution in [-0.4, -0.2) is 276 Å². The fourth-order valence-corrected chi connectivity index (χ4v) is 17.0. The molecule has 6 aliphatic rings. The first kappa shape index (κ1) is 86.6. The fourth-order valence-electron chi connectivity index (χ4n) is 16.5. The number of halogens is 4. The van der Waals surface area contributed by atoms with E-state index in [2.05, 4.69) is 28.2 Å². The SMILES string of the molecule is CC[C@H](C)[C@@H]1NC(=O)[C@H](CC(C)C)N(C)C(=O)C[C@@H](C(=O)N(C)C)N(C)C(=O)[C@H]([C@@H](C)CC)N(C)C(=O)C2(CCCC2)NC(=O)[C@H](CC2CCCNC2)N(C)C(=O)[C@H](CCC2CCC(C(F)(F)F)C(Cl)C2)NC(=O)CN(C)C(=O)[C@H](CC2CCC(C)CC2)N(C)C(=O)[C@@H]2CCN2C(=O)[C@H](C)N(C)C1=O. The van der Waals surface area contributed by atoms with Gasteiger partial charge in [-0.2, -0.15) is 13.2 Å². The lowest BCUT2D eigenvalue weighted by Gasteiger charge is -2.45. The van der Waals surface area contributed by atoms with Gasteiger partial charge in [-0.3, -0.25) is 57.5 Å². The highest BCUT2D eigenvalue weighted by Crippen LogP contribution is 2.44. The van der Waals surface area contributed by atoms with E-state index in [1.165, 1.54) is 110 Å². The molecule has 3 aliphatic heterocycles. The van der Waals surface area contributed by atoms with Crippen molar-refractivity contribution in [3.8, 4) is 0 Å². The Kier molecular flexibility index (Phi) is 31.6. The summed E-state index contributed by atoms with van der Waals surface area (Å²) in [5.41, 5.74) is -1.62. The number of nitrogens with one attached hydrogen (secondary N) is 4. The molecule has 3 saturated heterocycles. The van der Waals surface area contributed by atoms with Crippen molar-refractivity contribution in [1.82, 2.24) is 65.4 Å². The molecule has 29 heteroatoms. The largest absolute Gasteiger partial charge is 0.393 e. The highest BCUT2D eigenvalue weighted by atomic mass is 35.5. The zero-order chi connectivity index (χ0) is 77.7. The molecule has 25 nitrogen and oxygen atoms in total. The first-order valence-corrected chi connectivity index (χ1v) is 38.8.